The van der Waals surface area contributed by atoms with Gasteiger partial charge in [0.1, 0.15) is 0 Å². The van der Waals surface area contributed by atoms with Crippen LogP contribution in [-0.2, 0) is 12.0 Å². The second-order valence-corrected chi connectivity index (χ2v) is 10.1. The molecular weight excluding hydrogens is 274 g/mol. The van der Waals surface area contributed by atoms with Crippen LogP contribution in [0.5, 0.6) is 0 Å². The summed E-state index contributed by atoms with van der Waals surface area (Å²) < 4.78 is 0. The third kappa shape index (κ3) is 2.70. The average molecular weight is 306 g/mol. The van der Waals surface area contributed by atoms with Crippen LogP contribution in [-0.4, -0.2) is 6.04 Å². The molecule has 0 spiro atoms. The summed E-state index contributed by atoms with van der Waals surface area (Å²) in [5.74, 6) is 2.71. The van der Waals surface area contributed by atoms with E-state index in [1.54, 1.807) is 0 Å². The highest BCUT2D eigenvalue weighted by atomic mass is 32.1. The van der Waals surface area contributed by atoms with Crippen molar-refractivity contribution in [1.29, 1.82) is 0 Å². The molecule has 1 N–H and O–H groups in total. The molecule has 2 heteroatoms. The second kappa shape index (κ2) is 5.09. The lowest BCUT2D eigenvalue weighted by Gasteiger charge is -2.62. The first-order valence-corrected chi connectivity index (χ1v) is 9.34. The Balaban J connectivity index is 1.58. The molecule has 21 heavy (non-hydrogen) atoms. The maximum absolute atomic E-state index is 3.86. The molecule has 0 amide bonds. The Bertz CT molecular complexity index is 508. The van der Waals surface area contributed by atoms with E-state index >= 15 is 0 Å². The molecule has 118 valence electrons. The third-order valence-electron chi connectivity index (χ3n) is 6.29. The number of hydrogen-bond acceptors (Lipinski definition) is 2. The molecule has 0 radical (unpaired) electrons. The largest absolute Gasteiger partial charge is 0.309 e. The van der Waals surface area contributed by atoms with Crippen LogP contribution in [0.4, 0.5) is 0 Å². The van der Waals surface area contributed by atoms with Crippen molar-refractivity contribution in [2.75, 3.05) is 0 Å². The van der Waals surface area contributed by atoms with Gasteiger partial charge in [-0.1, -0.05) is 41.5 Å². The number of nitrogens with one attached hydrogen (secondary N) is 1. The lowest BCUT2D eigenvalue weighted by Crippen LogP contribution is -2.59. The van der Waals surface area contributed by atoms with Gasteiger partial charge < -0.3 is 5.32 Å². The van der Waals surface area contributed by atoms with Crippen LogP contribution >= 0.6 is 11.3 Å². The predicted octanol–water partition coefficient (Wildman–Crippen LogP) is 5.21. The highest BCUT2D eigenvalue weighted by Crippen LogP contribution is 2.61. The number of fused-ring (bicyclic) bond motifs is 2. The van der Waals surface area contributed by atoms with E-state index in [1.165, 1.54) is 22.6 Å². The fourth-order valence-corrected chi connectivity index (χ4v) is 5.54. The summed E-state index contributed by atoms with van der Waals surface area (Å²) in [6, 6.07) is 5.35. The Hall–Kier alpha value is -0.340. The zero-order chi connectivity index (χ0) is 15.4. The molecular formula is C19H31NS. The molecule has 0 aromatic carbocycles. The van der Waals surface area contributed by atoms with Crippen molar-refractivity contribution < 1.29 is 0 Å². The van der Waals surface area contributed by atoms with Crippen LogP contribution in [0.1, 0.15) is 64.1 Å². The van der Waals surface area contributed by atoms with Crippen LogP contribution in [0.2, 0.25) is 0 Å². The van der Waals surface area contributed by atoms with E-state index in [-0.39, 0.29) is 5.41 Å². The summed E-state index contributed by atoms with van der Waals surface area (Å²) in [6.45, 7) is 15.4. The fourth-order valence-electron chi connectivity index (χ4n) is 4.53. The van der Waals surface area contributed by atoms with E-state index in [9.17, 15) is 0 Å². The van der Waals surface area contributed by atoms with Gasteiger partial charge in [-0.2, -0.15) is 0 Å². The van der Waals surface area contributed by atoms with Gasteiger partial charge in [0, 0.05) is 22.3 Å². The SMILES string of the molecule is CC1C(NCc2ccc(C(C)(C)C)s2)CC2CC1C2(C)C. The summed E-state index contributed by atoms with van der Waals surface area (Å²) in [4.78, 5) is 2.99. The fraction of sp³-hybridized carbons (Fsp3) is 0.789. The zero-order valence-corrected chi connectivity index (χ0v) is 15.3. The highest BCUT2D eigenvalue weighted by Gasteiger charge is 2.55. The van der Waals surface area contributed by atoms with Gasteiger partial charge in [-0.3, -0.25) is 0 Å². The Labute approximate surface area is 134 Å². The van der Waals surface area contributed by atoms with Gasteiger partial charge in [-0.25, -0.2) is 0 Å². The zero-order valence-electron chi connectivity index (χ0n) is 14.5. The van der Waals surface area contributed by atoms with Crippen molar-refractivity contribution in [3.63, 3.8) is 0 Å². The molecule has 3 fully saturated rings. The predicted molar refractivity (Wildman–Crippen MR) is 92.8 cm³/mol. The maximum atomic E-state index is 3.86. The van der Waals surface area contributed by atoms with Crippen molar-refractivity contribution in [1.82, 2.24) is 5.32 Å². The molecule has 4 unspecified atom stereocenters. The van der Waals surface area contributed by atoms with Gasteiger partial charge in [-0.15, -0.1) is 11.3 Å². The van der Waals surface area contributed by atoms with Crippen LogP contribution in [0.3, 0.4) is 0 Å². The van der Waals surface area contributed by atoms with Gasteiger partial charge in [0.2, 0.25) is 0 Å². The minimum Gasteiger partial charge on any atom is -0.309 e. The molecule has 3 aliphatic rings. The molecule has 3 aliphatic carbocycles. The van der Waals surface area contributed by atoms with E-state index in [0.717, 1.165) is 30.3 Å². The van der Waals surface area contributed by atoms with Crippen LogP contribution in [0.25, 0.3) is 0 Å². The van der Waals surface area contributed by atoms with Crippen molar-refractivity contribution >= 4 is 11.3 Å². The van der Waals surface area contributed by atoms with E-state index in [1.807, 2.05) is 11.3 Å². The standard InChI is InChI=1S/C19H31NS/c1-12-15-9-13(19(15,5)6)10-16(12)20-11-14-7-8-17(21-14)18(2,3)4/h7-8,12-13,15-16,20H,9-11H2,1-6H3. The van der Waals surface area contributed by atoms with Crippen LogP contribution < -0.4 is 5.32 Å². The maximum Gasteiger partial charge on any atom is 0.0302 e. The smallest absolute Gasteiger partial charge is 0.0302 e. The molecule has 3 saturated carbocycles. The molecule has 1 aromatic rings. The molecule has 1 aromatic heterocycles. The van der Waals surface area contributed by atoms with Gasteiger partial charge in [0.05, 0.1) is 0 Å². The van der Waals surface area contributed by atoms with Crippen LogP contribution in [0.15, 0.2) is 12.1 Å². The quantitative estimate of drug-likeness (QED) is 0.808. The number of hydrogen-bond donors (Lipinski definition) is 1. The number of rotatable bonds is 3. The Kier molecular flexibility index (Phi) is 3.77. The van der Waals surface area contributed by atoms with E-state index in [0.29, 0.717) is 5.41 Å². The van der Waals surface area contributed by atoms with E-state index in [4.69, 9.17) is 0 Å². The van der Waals surface area contributed by atoms with Gasteiger partial charge in [0.25, 0.3) is 0 Å². The summed E-state index contributed by atoms with van der Waals surface area (Å²) in [7, 11) is 0. The summed E-state index contributed by atoms with van der Waals surface area (Å²) in [6.07, 6.45) is 2.85. The number of thiophene rings is 1. The molecule has 4 rings (SSSR count). The summed E-state index contributed by atoms with van der Waals surface area (Å²) in [5, 5.41) is 3.86. The highest BCUT2D eigenvalue weighted by molar-refractivity contribution is 7.12. The Morgan fingerprint density at radius 3 is 2.48 bits per heavy atom. The molecule has 2 bridgehead atoms. The van der Waals surface area contributed by atoms with Crippen molar-refractivity contribution in [3.8, 4) is 0 Å². The lowest BCUT2D eigenvalue weighted by atomic mass is 9.45. The lowest BCUT2D eigenvalue weighted by molar-refractivity contribution is -0.115. The topological polar surface area (TPSA) is 12.0 Å². The average Bonchev–Trinajstić information content (AvgIpc) is 2.85. The molecule has 4 atom stereocenters. The summed E-state index contributed by atoms with van der Waals surface area (Å²) in [5.41, 5.74) is 0.882. The third-order valence-corrected chi connectivity index (χ3v) is 7.80. The Morgan fingerprint density at radius 1 is 1.24 bits per heavy atom. The van der Waals surface area contributed by atoms with Gasteiger partial charge in [0.15, 0.2) is 0 Å². The minimum atomic E-state index is 0.284. The Morgan fingerprint density at radius 2 is 1.95 bits per heavy atom. The van der Waals surface area contributed by atoms with Gasteiger partial charge >= 0.3 is 0 Å². The first kappa shape index (κ1) is 15.6. The molecule has 0 aliphatic heterocycles. The first-order chi connectivity index (χ1) is 9.69. The molecule has 0 saturated heterocycles. The van der Waals surface area contributed by atoms with Crippen molar-refractivity contribution in [2.45, 2.75) is 72.4 Å². The first-order valence-electron chi connectivity index (χ1n) is 8.52. The molecule has 1 heterocycles. The van der Waals surface area contributed by atoms with E-state index in [2.05, 4.69) is 59.0 Å². The summed E-state index contributed by atoms with van der Waals surface area (Å²) >= 11 is 1.98. The minimum absolute atomic E-state index is 0.284. The molecule has 1 nitrogen and oxygen atoms in total. The second-order valence-electron chi connectivity index (χ2n) is 8.96. The van der Waals surface area contributed by atoms with Crippen molar-refractivity contribution in [2.24, 2.45) is 23.2 Å². The van der Waals surface area contributed by atoms with E-state index < -0.39 is 0 Å². The van der Waals surface area contributed by atoms with Crippen LogP contribution in [0, 0.1) is 23.2 Å². The monoisotopic (exact) mass is 305 g/mol. The normalized spacial score (nSPS) is 34.6. The van der Waals surface area contributed by atoms with Gasteiger partial charge in [-0.05, 0) is 53.6 Å². The van der Waals surface area contributed by atoms with Crippen molar-refractivity contribution in [3.05, 3.63) is 21.9 Å².